The molecule has 1 aromatic carbocycles. The Hall–Kier alpha value is -1.71. The van der Waals surface area contributed by atoms with E-state index in [1.165, 1.54) is 25.7 Å². The fourth-order valence-corrected chi connectivity index (χ4v) is 3.18. The van der Waals surface area contributed by atoms with Crippen LogP contribution in [0.5, 0.6) is 0 Å². The van der Waals surface area contributed by atoms with Crippen LogP contribution in [0, 0.1) is 5.41 Å². The molecule has 0 bridgehead atoms. The molecule has 1 saturated carbocycles. The Labute approximate surface area is 113 Å². The quantitative estimate of drug-likeness (QED) is 0.722. The molecule has 19 heavy (non-hydrogen) atoms. The zero-order chi connectivity index (χ0) is 13.5. The third kappa shape index (κ3) is 2.53. The first-order chi connectivity index (χ1) is 9.03. The van der Waals surface area contributed by atoms with Crippen molar-refractivity contribution < 1.29 is 0 Å². The average Bonchev–Trinajstić information content (AvgIpc) is 2.75. The zero-order valence-corrected chi connectivity index (χ0v) is 11.7. The molecule has 0 aliphatic heterocycles. The number of nitrogen functional groups attached to an aromatic ring is 1. The Balaban J connectivity index is 1.82. The number of fused-ring (bicyclic) bond motifs is 1. The van der Waals surface area contributed by atoms with Gasteiger partial charge in [-0.1, -0.05) is 20.3 Å². The first-order valence-corrected chi connectivity index (χ1v) is 7.03. The van der Waals surface area contributed by atoms with Gasteiger partial charge >= 0.3 is 0 Å². The minimum absolute atomic E-state index is 0.433. The molecule has 3 rings (SSSR count). The van der Waals surface area contributed by atoms with Gasteiger partial charge in [0.15, 0.2) is 0 Å². The Kier molecular flexibility index (Phi) is 2.88. The highest BCUT2D eigenvalue weighted by molar-refractivity contribution is 5.88. The number of anilines is 2. The number of rotatable bonds is 2. The first kappa shape index (κ1) is 12.3. The van der Waals surface area contributed by atoms with Crippen molar-refractivity contribution in [2.75, 3.05) is 11.1 Å². The van der Waals surface area contributed by atoms with E-state index in [0.29, 0.717) is 11.5 Å². The average molecular weight is 258 g/mol. The number of aromatic amines is 1. The highest BCUT2D eigenvalue weighted by atomic mass is 15.1. The molecule has 4 nitrogen and oxygen atoms in total. The van der Waals surface area contributed by atoms with Crippen LogP contribution in [0.3, 0.4) is 0 Å². The maximum Gasteiger partial charge on any atom is 0.0672 e. The number of H-pyrrole nitrogens is 1. The maximum absolute atomic E-state index is 6.13. The number of nitrogens with one attached hydrogen (secondary N) is 2. The Bertz CT molecular complexity index is 585. The number of aromatic nitrogens is 2. The van der Waals surface area contributed by atoms with Crippen LogP contribution in [0.1, 0.15) is 39.5 Å². The Morgan fingerprint density at radius 1 is 1.42 bits per heavy atom. The summed E-state index contributed by atoms with van der Waals surface area (Å²) in [6.45, 7) is 4.70. The molecule has 0 spiro atoms. The van der Waals surface area contributed by atoms with Gasteiger partial charge in [-0.15, -0.1) is 0 Å². The van der Waals surface area contributed by atoms with Crippen LogP contribution in [0.2, 0.25) is 0 Å². The highest BCUT2D eigenvalue weighted by Gasteiger charge is 2.28. The number of hydrogen-bond acceptors (Lipinski definition) is 3. The SMILES string of the molecule is CC1(C)CCCC(Nc2cc3[nH]ncc3cc2N)C1. The second-order valence-electron chi connectivity index (χ2n) is 6.50. The van der Waals surface area contributed by atoms with Crippen molar-refractivity contribution in [3.63, 3.8) is 0 Å². The van der Waals surface area contributed by atoms with Crippen LogP contribution in [0.15, 0.2) is 18.3 Å². The summed E-state index contributed by atoms with van der Waals surface area (Å²) >= 11 is 0. The van der Waals surface area contributed by atoms with E-state index in [4.69, 9.17) is 5.73 Å². The molecule has 0 amide bonds. The van der Waals surface area contributed by atoms with Gasteiger partial charge in [-0.2, -0.15) is 5.10 Å². The second kappa shape index (κ2) is 4.44. The highest BCUT2D eigenvalue weighted by Crippen LogP contribution is 2.37. The van der Waals surface area contributed by atoms with E-state index in [2.05, 4.69) is 35.4 Å². The molecule has 102 valence electrons. The van der Waals surface area contributed by atoms with Crippen LogP contribution < -0.4 is 11.1 Å². The van der Waals surface area contributed by atoms with Crippen LogP contribution in [-0.4, -0.2) is 16.2 Å². The van der Waals surface area contributed by atoms with Gasteiger partial charge in [-0.25, -0.2) is 0 Å². The summed E-state index contributed by atoms with van der Waals surface area (Å²) in [5.41, 5.74) is 9.42. The van der Waals surface area contributed by atoms with E-state index in [-0.39, 0.29) is 0 Å². The molecule has 1 aliphatic rings. The maximum atomic E-state index is 6.13. The van der Waals surface area contributed by atoms with Crippen molar-refractivity contribution in [1.82, 2.24) is 10.2 Å². The molecule has 1 fully saturated rings. The Morgan fingerprint density at radius 2 is 2.26 bits per heavy atom. The van der Waals surface area contributed by atoms with Crippen LogP contribution in [-0.2, 0) is 0 Å². The molecule has 1 aromatic heterocycles. The minimum Gasteiger partial charge on any atom is -0.397 e. The number of nitrogens with zero attached hydrogens (tertiary/aromatic N) is 1. The number of benzene rings is 1. The van der Waals surface area contributed by atoms with Crippen molar-refractivity contribution >= 4 is 22.3 Å². The van der Waals surface area contributed by atoms with Gasteiger partial charge in [0.1, 0.15) is 0 Å². The molecule has 1 aliphatic carbocycles. The summed E-state index contributed by atoms with van der Waals surface area (Å²) in [5, 5.41) is 11.7. The molecule has 0 saturated heterocycles. The molecule has 4 N–H and O–H groups in total. The minimum atomic E-state index is 0.433. The fourth-order valence-electron chi connectivity index (χ4n) is 3.18. The summed E-state index contributed by atoms with van der Waals surface area (Å²) in [7, 11) is 0. The zero-order valence-electron chi connectivity index (χ0n) is 11.7. The van der Waals surface area contributed by atoms with Crippen LogP contribution >= 0.6 is 0 Å². The lowest BCUT2D eigenvalue weighted by Crippen LogP contribution is -2.31. The summed E-state index contributed by atoms with van der Waals surface area (Å²) in [6, 6.07) is 4.57. The summed E-state index contributed by atoms with van der Waals surface area (Å²) < 4.78 is 0. The van der Waals surface area contributed by atoms with Crippen molar-refractivity contribution in [1.29, 1.82) is 0 Å². The topological polar surface area (TPSA) is 66.7 Å². The van der Waals surface area contributed by atoms with Crippen molar-refractivity contribution in [3.8, 4) is 0 Å². The largest absolute Gasteiger partial charge is 0.397 e. The van der Waals surface area contributed by atoms with Gasteiger partial charge in [0.25, 0.3) is 0 Å². The first-order valence-electron chi connectivity index (χ1n) is 7.03. The molecule has 4 heteroatoms. The molecule has 1 heterocycles. The lowest BCUT2D eigenvalue weighted by atomic mass is 9.75. The van der Waals surface area contributed by atoms with E-state index in [0.717, 1.165) is 22.3 Å². The van der Waals surface area contributed by atoms with Gasteiger partial charge in [0.05, 0.1) is 23.1 Å². The molecular weight excluding hydrogens is 236 g/mol. The second-order valence-corrected chi connectivity index (χ2v) is 6.50. The normalized spacial score (nSPS) is 22.5. The molecule has 1 atom stereocenters. The van der Waals surface area contributed by atoms with E-state index in [9.17, 15) is 0 Å². The van der Waals surface area contributed by atoms with Crippen LogP contribution in [0.4, 0.5) is 11.4 Å². The van der Waals surface area contributed by atoms with Crippen molar-refractivity contribution in [3.05, 3.63) is 18.3 Å². The summed E-state index contributed by atoms with van der Waals surface area (Å²) in [5.74, 6) is 0. The predicted molar refractivity (Wildman–Crippen MR) is 80.2 cm³/mol. The smallest absolute Gasteiger partial charge is 0.0672 e. The molecule has 0 radical (unpaired) electrons. The van der Waals surface area contributed by atoms with Gasteiger partial charge in [0, 0.05) is 11.4 Å². The molecular formula is C15H22N4. The molecule has 2 aromatic rings. The van der Waals surface area contributed by atoms with Gasteiger partial charge < -0.3 is 11.1 Å². The van der Waals surface area contributed by atoms with Crippen molar-refractivity contribution in [2.45, 2.75) is 45.6 Å². The molecule has 1 unspecified atom stereocenters. The van der Waals surface area contributed by atoms with Gasteiger partial charge in [-0.3, -0.25) is 5.10 Å². The third-order valence-corrected chi connectivity index (χ3v) is 4.18. The van der Waals surface area contributed by atoms with E-state index < -0.39 is 0 Å². The van der Waals surface area contributed by atoms with Gasteiger partial charge in [0.2, 0.25) is 0 Å². The Morgan fingerprint density at radius 3 is 3.05 bits per heavy atom. The standard InChI is InChI=1S/C15H22N4/c1-15(2)5-3-4-11(8-15)18-14-7-13-10(6-12(14)16)9-17-19-13/h6-7,9,11,18H,3-5,8,16H2,1-2H3,(H,17,19). The lowest BCUT2D eigenvalue weighted by molar-refractivity contribution is 0.229. The van der Waals surface area contributed by atoms with Crippen molar-refractivity contribution in [2.24, 2.45) is 5.41 Å². The van der Waals surface area contributed by atoms with E-state index >= 15 is 0 Å². The summed E-state index contributed by atoms with van der Waals surface area (Å²) in [6.07, 6.45) is 6.84. The van der Waals surface area contributed by atoms with E-state index in [1.807, 2.05) is 6.07 Å². The van der Waals surface area contributed by atoms with Crippen LogP contribution in [0.25, 0.3) is 10.9 Å². The third-order valence-electron chi connectivity index (χ3n) is 4.18. The number of nitrogens with two attached hydrogens (primary N) is 1. The predicted octanol–water partition coefficient (Wildman–Crippen LogP) is 3.53. The fraction of sp³-hybridized carbons (Fsp3) is 0.533. The van der Waals surface area contributed by atoms with E-state index in [1.54, 1.807) is 6.20 Å². The van der Waals surface area contributed by atoms with Gasteiger partial charge in [-0.05, 0) is 36.8 Å². The monoisotopic (exact) mass is 258 g/mol. The lowest BCUT2D eigenvalue weighted by Gasteiger charge is -2.36. The summed E-state index contributed by atoms with van der Waals surface area (Å²) in [4.78, 5) is 0. The number of hydrogen-bond donors (Lipinski definition) is 3.